The van der Waals surface area contributed by atoms with Crippen molar-refractivity contribution >= 4 is 0 Å². The summed E-state index contributed by atoms with van der Waals surface area (Å²) in [6, 6.07) is 5.12. The Labute approximate surface area is 119 Å². The molecule has 0 saturated heterocycles. The second kappa shape index (κ2) is 5.88. The van der Waals surface area contributed by atoms with Crippen LogP contribution in [-0.2, 0) is 5.60 Å². The average molecular weight is 276 g/mol. The van der Waals surface area contributed by atoms with Crippen LogP contribution in [0.1, 0.15) is 57.6 Å². The van der Waals surface area contributed by atoms with Crippen molar-refractivity contribution in [1.29, 1.82) is 5.26 Å². The van der Waals surface area contributed by atoms with Crippen LogP contribution in [0, 0.1) is 22.6 Å². The van der Waals surface area contributed by atoms with Crippen molar-refractivity contribution < 1.29 is 9.50 Å². The molecule has 1 aliphatic rings. The topological polar surface area (TPSA) is 56.9 Å². The second-order valence-corrected chi connectivity index (χ2v) is 5.90. The highest BCUT2D eigenvalue weighted by Crippen LogP contribution is 2.47. The van der Waals surface area contributed by atoms with Crippen LogP contribution in [0.25, 0.3) is 0 Å². The zero-order valence-electron chi connectivity index (χ0n) is 11.9. The van der Waals surface area contributed by atoms with Crippen LogP contribution in [0.5, 0.6) is 0 Å². The number of nitrogens with zero attached hydrogens (tertiary/aromatic N) is 2. The number of nitriles is 1. The zero-order valence-corrected chi connectivity index (χ0v) is 11.9. The van der Waals surface area contributed by atoms with Gasteiger partial charge in [-0.2, -0.15) is 5.26 Å². The third-order valence-electron chi connectivity index (χ3n) is 4.58. The largest absolute Gasteiger partial charge is 0.382 e. The number of aliphatic hydroxyl groups is 1. The van der Waals surface area contributed by atoms with Crippen LogP contribution in [0.15, 0.2) is 18.3 Å². The van der Waals surface area contributed by atoms with E-state index in [2.05, 4.69) is 11.1 Å². The van der Waals surface area contributed by atoms with Gasteiger partial charge in [-0.15, -0.1) is 0 Å². The molecule has 3 nitrogen and oxygen atoms in total. The summed E-state index contributed by atoms with van der Waals surface area (Å²) in [6.45, 7) is 1.64. The Balaban J connectivity index is 2.36. The van der Waals surface area contributed by atoms with E-state index in [-0.39, 0.29) is 0 Å². The first-order chi connectivity index (χ1) is 9.52. The molecule has 1 aromatic rings. The van der Waals surface area contributed by atoms with Gasteiger partial charge in [0.1, 0.15) is 11.4 Å². The summed E-state index contributed by atoms with van der Waals surface area (Å²) >= 11 is 0. The van der Waals surface area contributed by atoms with Gasteiger partial charge in [-0.25, -0.2) is 4.39 Å². The molecule has 1 heterocycles. The second-order valence-electron chi connectivity index (χ2n) is 5.90. The fourth-order valence-electron chi connectivity index (χ4n) is 3.13. The Bertz CT molecular complexity index is 482. The van der Waals surface area contributed by atoms with Gasteiger partial charge in [-0.3, -0.25) is 4.98 Å². The summed E-state index contributed by atoms with van der Waals surface area (Å²) in [5.41, 5.74) is -1.81. The van der Waals surface area contributed by atoms with E-state index in [1.54, 1.807) is 6.92 Å². The average Bonchev–Trinajstić information content (AvgIpc) is 2.39. The minimum absolute atomic E-state index is 0.376. The lowest BCUT2D eigenvalue weighted by Crippen LogP contribution is -2.43. The van der Waals surface area contributed by atoms with E-state index >= 15 is 0 Å². The molecule has 1 N–H and O–H groups in total. The predicted octanol–water partition coefficient (Wildman–Crippen LogP) is 3.68. The van der Waals surface area contributed by atoms with E-state index in [1.807, 2.05) is 0 Å². The van der Waals surface area contributed by atoms with Crippen molar-refractivity contribution in [2.45, 2.75) is 57.5 Å². The number of aromatic nitrogens is 1. The van der Waals surface area contributed by atoms with Crippen molar-refractivity contribution in [2.24, 2.45) is 5.41 Å². The molecule has 0 aromatic carbocycles. The molecule has 20 heavy (non-hydrogen) atoms. The van der Waals surface area contributed by atoms with Crippen LogP contribution >= 0.6 is 0 Å². The molecule has 0 radical (unpaired) electrons. The van der Waals surface area contributed by atoms with Crippen molar-refractivity contribution in [1.82, 2.24) is 4.98 Å². The van der Waals surface area contributed by atoms with E-state index in [1.165, 1.54) is 18.6 Å². The van der Waals surface area contributed by atoms with Gasteiger partial charge in [0.25, 0.3) is 0 Å². The summed E-state index contributed by atoms with van der Waals surface area (Å²) < 4.78 is 13.0. The molecule has 1 fully saturated rings. The minimum Gasteiger partial charge on any atom is -0.382 e. The standard InChI is InChI=1S/C16H21FN2O/c1-15(20,14-8-7-13(17)11-19-14)16(12-18)9-5-3-2-4-6-10-16/h7-8,11,20H,2-6,9-10H2,1H3. The van der Waals surface area contributed by atoms with Gasteiger partial charge >= 0.3 is 0 Å². The van der Waals surface area contributed by atoms with Crippen molar-refractivity contribution in [3.8, 4) is 6.07 Å². The summed E-state index contributed by atoms with van der Waals surface area (Å²) in [4.78, 5) is 4.00. The molecule has 4 heteroatoms. The SMILES string of the molecule is CC(O)(c1ccc(F)cn1)C1(C#N)CCCCCCC1. The monoisotopic (exact) mass is 276 g/mol. The predicted molar refractivity (Wildman–Crippen MR) is 74.1 cm³/mol. The number of halogens is 1. The maximum atomic E-state index is 13.0. The summed E-state index contributed by atoms with van der Waals surface area (Å²) in [6.07, 6.45) is 7.67. The van der Waals surface area contributed by atoms with E-state index < -0.39 is 16.8 Å². The van der Waals surface area contributed by atoms with Gasteiger partial charge < -0.3 is 5.11 Å². The summed E-state index contributed by atoms with van der Waals surface area (Å²) in [7, 11) is 0. The molecule has 108 valence electrons. The van der Waals surface area contributed by atoms with Crippen molar-refractivity contribution in [3.05, 3.63) is 29.8 Å². The first-order valence-electron chi connectivity index (χ1n) is 7.27. The van der Waals surface area contributed by atoms with E-state index in [9.17, 15) is 14.8 Å². The van der Waals surface area contributed by atoms with Crippen LogP contribution in [0.2, 0.25) is 0 Å². The maximum absolute atomic E-state index is 13.0. The lowest BCUT2D eigenvalue weighted by molar-refractivity contribution is -0.0617. The molecule has 0 bridgehead atoms. The molecular formula is C16H21FN2O. The number of hydrogen-bond acceptors (Lipinski definition) is 3. The lowest BCUT2D eigenvalue weighted by Gasteiger charge is -2.41. The summed E-state index contributed by atoms with van der Waals surface area (Å²) in [5, 5.41) is 20.7. The van der Waals surface area contributed by atoms with Crippen LogP contribution in [-0.4, -0.2) is 10.1 Å². The van der Waals surface area contributed by atoms with E-state index in [0.29, 0.717) is 18.5 Å². The highest BCUT2D eigenvalue weighted by atomic mass is 19.1. The molecule has 0 amide bonds. The molecule has 0 spiro atoms. The zero-order chi connectivity index (χ0) is 14.6. The molecular weight excluding hydrogens is 255 g/mol. The van der Waals surface area contributed by atoms with Crippen molar-refractivity contribution in [3.63, 3.8) is 0 Å². The van der Waals surface area contributed by atoms with Crippen LogP contribution in [0.4, 0.5) is 4.39 Å². The molecule has 1 saturated carbocycles. The number of rotatable bonds is 2. The molecule has 1 aliphatic carbocycles. The normalized spacial score (nSPS) is 22.1. The van der Waals surface area contributed by atoms with Crippen LogP contribution < -0.4 is 0 Å². The maximum Gasteiger partial charge on any atom is 0.141 e. The highest BCUT2D eigenvalue weighted by Gasteiger charge is 2.49. The molecule has 2 rings (SSSR count). The van der Waals surface area contributed by atoms with E-state index in [4.69, 9.17) is 0 Å². The molecule has 0 aliphatic heterocycles. The Hall–Kier alpha value is -1.47. The minimum atomic E-state index is -1.35. The fraction of sp³-hybridized carbons (Fsp3) is 0.625. The van der Waals surface area contributed by atoms with Gasteiger partial charge in [-0.1, -0.05) is 32.1 Å². The molecule has 1 aromatic heterocycles. The quantitative estimate of drug-likeness (QED) is 0.896. The number of pyridine rings is 1. The Kier molecular flexibility index (Phi) is 4.39. The number of hydrogen-bond donors (Lipinski definition) is 1. The van der Waals surface area contributed by atoms with Gasteiger partial charge in [0.05, 0.1) is 23.4 Å². The fourth-order valence-corrected chi connectivity index (χ4v) is 3.13. The highest BCUT2D eigenvalue weighted by molar-refractivity contribution is 5.22. The molecule has 1 unspecified atom stereocenters. The third kappa shape index (κ3) is 2.69. The first kappa shape index (κ1) is 14.9. The third-order valence-corrected chi connectivity index (χ3v) is 4.58. The van der Waals surface area contributed by atoms with Gasteiger partial charge in [0.2, 0.25) is 0 Å². The smallest absolute Gasteiger partial charge is 0.141 e. The van der Waals surface area contributed by atoms with Crippen LogP contribution in [0.3, 0.4) is 0 Å². The Morgan fingerprint density at radius 1 is 1.25 bits per heavy atom. The Morgan fingerprint density at radius 3 is 2.35 bits per heavy atom. The van der Waals surface area contributed by atoms with Gasteiger partial charge in [0, 0.05) is 0 Å². The summed E-state index contributed by atoms with van der Waals surface area (Å²) in [5.74, 6) is -0.437. The van der Waals surface area contributed by atoms with Gasteiger partial charge in [0.15, 0.2) is 0 Å². The van der Waals surface area contributed by atoms with Crippen molar-refractivity contribution in [2.75, 3.05) is 0 Å². The lowest BCUT2D eigenvalue weighted by atomic mass is 9.65. The van der Waals surface area contributed by atoms with Gasteiger partial charge in [-0.05, 0) is 31.9 Å². The van der Waals surface area contributed by atoms with E-state index in [0.717, 1.165) is 31.9 Å². The Morgan fingerprint density at radius 2 is 1.85 bits per heavy atom. The first-order valence-corrected chi connectivity index (χ1v) is 7.27. The molecule has 1 atom stereocenters.